The van der Waals surface area contributed by atoms with Crippen LogP contribution in [0.15, 0.2) is 30.9 Å². The van der Waals surface area contributed by atoms with E-state index in [2.05, 4.69) is 6.58 Å². The van der Waals surface area contributed by atoms with Crippen LogP contribution in [0, 0.1) is 5.82 Å². The Morgan fingerprint density at radius 3 is 2.92 bits per heavy atom. The Morgan fingerprint density at radius 1 is 1.62 bits per heavy atom. The number of rotatable bonds is 3. The monoisotopic (exact) mass is 198 g/mol. The molecule has 0 aromatic heterocycles. The van der Waals surface area contributed by atoms with Gasteiger partial charge in [-0.05, 0) is 12.1 Å². The van der Waals surface area contributed by atoms with E-state index >= 15 is 0 Å². The van der Waals surface area contributed by atoms with Crippen LogP contribution in [0.1, 0.15) is 16.8 Å². The van der Waals surface area contributed by atoms with Crippen molar-refractivity contribution in [3.8, 4) is 0 Å². The van der Waals surface area contributed by atoms with Gasteiger partial charge in [0.15, 0.2) is 11.6 Å². The summed E-state index contributed by atoms with van der Waals surface area (Å²) in [5, 5.41) is -0.0325. The van der Waals surface area contributed by atoms with E-state index in [0.717, 1.165) is 0 Å². The second kappa shape index (κ2) is 4.19. The Labute approximate surface area is 80.8 Å². The van der Waals surface area contributed by atoms with Crippen molar-refractivity contribution in [1.29, 1.82) is 0 Å². The number of carbonyl (C=O) groups is 1. The second-order valence-electron chi connectivity index (χ2n) is 2.52. The first-order valence-electron chi connectivity index (χ1n) is 3.75. The van der Waals surface area contributed by atoms with Gasteiger partial charge in [0.05, 0.1) is 10.6 Å². The van der Waals surface area contributed by atoms with Crippen molar-refractivity contribution < 1.29 is 9.18 Å². The highest BCUT2D eigenvalue weighted by Crippen LogP contribution is 2.18. The number of ketones is 1. The van der Waals surface area contributed by atoms with Gasteiger partial charge in [-0.2, -0.15) is 0 Å². The van der Waals surface area contributed by atoms with E-state index in [1.807, 2.05) is 0 Å². The van der Waals surface area contributed by atoms with Gasteiger partial charge in [0, 0.05) is 6.42 Å². The summed E-state index contributed by atoms with van der Waals surface area (Å²) in [6, 6.07) is 4.36. The molecule has 0 spiro atoms. The van der Waals surface area contributed by atoms with Crippen molar-refractivity contribution in [3.63, 3.8) is 0 Å². The Balaban J connectivity index is 3.07. The first-order chi connectivity index (χ1) is 6.16. The third kappa shape index (κ3) is 2.16. The molecule has 3 heteroatoms. The molecule has 0 fully saturated rings. The molecule has 0 radical (unpaired) electrons. The third-order valence-electron chi connectivity index (χ3n) is 1.58. The topological polar surface area (TPSA) is 17.1 Å². The fraction of sp³-hybridized carbons (Fsp3) is 0.100. The zero-order chi connectivity index (χ0) is 9.84. The maximum Gasteiger partial charge on any atom is 0.169 e. The smallest absolute Gasteiger partial charge is 0.169 e. The number of carbonyl (C=O) groups excluding carboxylic acids is 1. The van der Waals surface area contributed by atoms with Crippen LogP contribution >= 0.6 is 11.6 Å². The number of hydrogen-bond acceptors (Lipinski definition) is 1. The Bertz CT molecular complexity index is 347. The van der Waals surface area contributed by atoms with Crippen molar-refractivity contribution in [2.45, 2.75) is 6.42 Å². The molecule has 13 heavy (non-hydrogen) atoms. The lowest BCUT2D eigenvalue weighted by Crippen LogP contribution is -2.00. The van der Waals surface area contributed by atoms with E-state index in [0.29, 0.717) is 0 Å². The van der Waals surface area contributed by atoms with Crippen LogP contribution < -0.4 is 0 Å². The van der Waals surface area contributed by atoms with Crippen LogP contribution in [0.25, 0.3) is 0 Å². The van der Waals surface area contributed by atoms with Gasteiger partial charge >= 0.3 is 0 Å². The molecule has 68 valence electrons. The molecule has 1 rings (SSSR count). The molecular weight excluding hydrogens is 191 g/mol. The predicted octanol–water partition coefficient (Wildman–Crippen LogP) is 3.24. The first kappa shape index (κ1) is 9.93. The van der Waals surface area contributed by atoms with E-state index in [-0.39, 0.29) is 22.8 Å². The van der Waals surface area contributed by atoms with Crippen LogP contribution in [0.4, 0.5) is 4.39 Å². The number of allylic oxidation sites excluding steroid dienone is 1. The number of hydrogen-bond donors (Lipinski definition) is 0. The van der Waals surface area contributed by atoms with Crippen molar-refractivity contribution >= 4 is 17.4 Å². The zero-order valence-electron chi connectivity index (χ0n) is 6.89. The summed E-state index contributed by atoms with van der Waals surface area (Å²) in [6.45, 7) is 3.40. The molecule has 0 aliphatic heterocycles. The summed E-state index contributed by atoms with van der Waals surface area (Å²) in [5.74, 6) is -0.967. The molecule has 1 nitrogen and oxygen atoms in total. The molecule has 0 bridgehead atoms. The lowest BCUT2D eigenvalue weighted by molar-refractivity contribution is 0.0992. The first-order valence-corrected chi connectivity index (χ1v) is 4.12. The average molecular weight is 199 g/mol. The molecular formula is C10H8ClFO. The standard InChI is InChI=1S/C10H8ClFO/c1-2-4-9(13)7-5-3-6-8(11)10(7)12/h2-3,5-6H,1,4H2. The minimum absolute atomic E-state index is 0.0207. The highest BCUT2D eigenvalue weighted by molar-refractivity contribution is 6.31. The van der Waals surface area contributed by atoms with E-state index in [1.165, 1.54) is 18.2 Å². The Kier molecular flexibility index (Phi) is 3.20. The fourth-order valence-corrected chi connectivity index (χ4v) is 1.13. The van der Waals surface area contributed by atoms with E-state index in [1.54, 1.807) is 6.07 Å². The van der Waals surface area contributed by atoms with E-state index in [9.17, 15) is 9.18 Å². The quantitative estimate of drug-likeness (QED) is 0.538. The Hall–Kier alpha value is -1.15. The molecule has 0 aliphatic carbocycles. The normalized spacial score (nSPS) is 9.69. The molecule has 0 aliphatic rings. The van der Waals surface area contributed by atoms with Crippen LogP contribution in [-0.2, 0) is 0 Å². The van der Waals surface area contributed by atoms with Crippen LogP contribution in [0.5, 0.6) is 0 Å². The van der Waals surface area contributed by atoms with Gasteiger partial charge in [-0.1, -0.05) is 23.7 Å². The van der Waals surface area contributed by atoms with Crippen molar-refractivity contribution in [1.82, 2.24) is 0 Å². The lowest BCUT2D eigenvalue weighted by Gasteiger charge is -2.00. The molecule has 0 unspecified atom stereocenters. The van der Waals surface area contributed by atoms with Gasteiger partial charge in [0.25, 0.3) is 0 Å². The predicted molar refractivity (Wildman–Crippen MR) is 50.6 cm³/mol. The maximum absolute atomic E-state index is 13.2. The van der Waals surface area contributed by atoms with Crippen LogP contribution in [0.2, 0.25) is 5.02 Å². The minimum Gasteiger partial charge on any atom is -0.294 e. The minimum atomic E-state index is -0.656. The lowest BCUT2D eigenvalue weighted by atomic mass is 10.1. The molecule has 1 aromatic rings. The fourth-order valence-electron chi connectivity index (χ4n) is 0.960. The van der Waals surface area contributed by atoms with Gasteiger partial charge in [0.1, 0.15) is 0 Å². The van der Waals surface area contributed by atoms with E-state index < -0.39 is 5.82 Å². The summed E-state index contributed by atoms with van der Waals surface area (Å²) in [5.41, 5.74) is 0.0207. The molecule has 0 amide bonds. The SMILES string of the molecule is C=CCC(=O)c1cccc(Cl)c1F. The third-order valence-corrected chi connectivity index (χ3v) is 1.87. The van der Waals surface area contributed by atoms with E-state index in [4.69, 9.17) is 11.6 Å². The molecule has 0 saturated carbocycles. The van der Waals surface area contributed by atoms with Gasteiger partial charge in [-0.15, -0.1) is 6.58 Å². The van der Waals surface area contributed by atoms with Crippen molar-refractivity contribution in [2.24, 2.45) is 0 Å². The van der Waals surface area contributed by atoms with Gasteiger partial charge in [-0.3, -0.25) is 4.79 Å². The van der Waals surface area contributed by atoms with Crippen LogP contribution in [0.3, 0.4) is 0 Å². The second-order valence-corrected chi connectivity index (χ2v) is 2.92. The summed E-state index contributed by atoms with van der Waals surface area (Å²) in [7, 11) is 0. The number of Topliss-reactive ketones (excluding diaryl/α,β-unsaturated/α-hetero) is 1. The number of benzene rings is 1. The average Bonchev–Trinajstić information content (AvgIpc) is 2.10. The molecule has 0 saturated heterocycles. The highest BCUT2D eigenvalue weighted by Gasteiger charge is 2.11. The zero-order valence-corrected chi connectivity index (χ0v) is 7.64. The van der Waals surface area contributed by atoms with Crippen molar-refractivity contribution in [2.75, 3.05) is 0 Å². The van der Waals surface area contributed by atoms with Crippen molar-refractivity contribution in [3.05, 3.63) is 47.3 Å². The molecule has 0 heterocycles. The summed E-state index contributed by atoms with van der Waals surface area (Å²) in [6.07, 6.45) is 1.56. The highest BCUT2D eigenvalue weighted by atomic mass is 35.5. The van der Waals surface area contributed by atoms with Gasteiger partial charge < -0.3 is 0 Å². The molecule has 0 atom stereocenters. The summed E-state index contributed by atoms with van der Waals surface area (Å²) < 4.78 is 13.2. The Morgan fingerprint density at radius 2 is 2.31 bits per heavy atom. The van der Waals surface area contributed by atoms with Crippen LogP contribution in [-0.4, -0.2) is 5.78 Å². The summed E-state index contributed by atoms with van der Waals surface area (Å²) in [4.78, 5) is 11.2. The number of halogens is 2. The molecule has 0 N–H and O–H groups in total. The maximum atomic E-state index is 13.2. The van der Waals surface area contributed by atoms with Gasteiger partial charge in [0.2, 0.25) is 0 Å². The van der Waals surface area contributed by atoms with Gasteiger partial charge in [-0.25, -0.2) is 4.39 Å². The largest absolute Gasteiger partial charge is 0.294 e. The summed E-state index contributed by atoms with van der Waals surface area (Å²) >= 11 is 5.51. The molecule has 1 aromatic carbocycles.